The standard InChI is InChI=1S/C11H9N3O5S/c1-13-6(2-5-9(13)14(18)19)10(15)12-8-4-3-7(20-8)11(16)17/h2-5H,1H3,(H,12,15)(H,16,17). The number of hydrogen-bond donors (Lipinski definition) is 2. The number of aromatic carboxylic acids is 1. The van der Waals surface area contributed by atoms with E-state index in [9.17, 15) is 19.7 Å². The summed E-state index contributed by atoms with van der Waals surface area (Å²) in [5.41, 5.74) is 0.113. The van der Waals surface area contributed by atoms with Crippen LogP contribution in [0.5, 0.6) is 0 Å². The molecule has 2 heterocycles. The van der Waals surface area contributed by atoms with Crippen LogP contribution in [0.2, 0.25) is 0 Å². The third kappa shape index (κ3) is 2.52. The molecule has 0 spiro atoms. The number of thiophene rings is 1. The van der Waals surface area contributed by atoms with Gasteiger partial charge in [0, 0.05) is 6.07 Å². The Labute approximate surface area is 116 Å². The van der Waals surface area contributed by atoms with Gasteiger partial charge in [-0.15, -0.1) is 11.3 Å². The normalized spacial score (nSPS) is 10.2. The van der Waals surface area contributed by atoms with Gasteiger partial charge in [-0.25, -0.2) is 9.36 Å². The van der Waals surface area contributed by atoms with Gasteiger partial charge in [0.05, 0.1) is 12.0 Å². The Morgan fingerprint density at radius 1 is 1.35 bits per heavy atom. The van der Waals surface area contributed by atoms with Crippen molar-refractivity contribution in [1.82, 2.24) is 4.57 Å². The van der Waals surface area contributed by atoms with E-state index in [1.807, 2.05) is 0 Å². The number of nitro groups is 1. The van der Waals surface area contributed by atoms with Gasteiger partial charge in [0.15, 0.2) is 5.69 Å². The van der Waals surface area contributed by atoms with Gasteiger partial charge >= 0.3 is 11.8 Å². The molecule has 0 saturated heterocycles. The van der Waals surface area contributed by atoms with Gasteiger partial charge in [0.2, 0.25) is 0 Å². The van der Waals surface area contributed by atoms with Crippen LogP contribution in [0.3, 0.4) is 0 Å². The molecule has 2 rings (SSSR count). The predicted octanol–water partition coefficient (Wildman–Crippen LogP) is 1.95. The monoisotopic (exact) mass is 295 g/mol. The zero-order chi connectivity index (χ0) is 14.9. The van der Waals surface area contributed by atoms with E-state index in [2.05, 4.69) is 5.32 Å². The van der Waals surface area contributed by atoms with Crippen LogP contribution in [-0.4, -0.2) is 26.5 Å². The van der Waals surface area contributed by atoms with Crippen LogP contribution in [0.4, 0.5) is 10.8 Å². The Balaban J connectivity index is 2.19. The average Bonchev–Trinajstić information content (AvgIpc) is 2.95. The zero-order valence-electron chi connectivity index (χ0n) is 10.2. The molecule has 0 unspecified atom stereocenters. The Hall–Kier alpha value is -2.68. The minimum absolute atomic E-state index is 0.0955. The number of carbonyl (C=O) groups is 2. The number of nitrogens with one attached hydrogen (secondary N) is 1. The molecular weight excluding hydrogens is 286 g/mol. The van der Waals surface area contributed by atoms with Gasteiger partial charge < -0.3 is 20.5 Å². The van der Waals surface area contributed by atoms with E-state index >= 15 is 0 Å². The SMILES string of the molecule is Cn1c(C(=O)Nc2ccc(C(=O)O)s2)ccc1[N+](=O)[O-]. The van der Waals surface area contributed by atoms with Crippen molar-refractivity contribution in [2.24, 2.45) is 7.05 Å². The van der Waals surface area contributed by atoms with E-state index in [1.54, 1.807) is 0 Å². The van der Waals surface area contributed by atoms with Gasteiger partial charge in [-0.1, -0.05) is 0 Å². The number of anilines is 1. The topological polar surface area (TPSA) is 114 Å². The van der Waals surface area contributed by atoms with E-state index in [0.717, 1.165) is 15.9 Å². The van der Waals surface area contributed by atoms with Gasteiger partial charge in [-0.05, 0) is 23.1 Å². The summed E-state index contributed by atoms with van der Waals surface area (Å²) in [6, 6.07) is 5.39. The summed E-state index contributed by atoms with van der Waals surface area (Å²) in [6.07, 6.45) is 0. The third-order valence-electron chi connectivity index (χ3n) is 2.57. The van der Waals surface area contributed by atoms with Crippen molar-refractivity contribution < 1.29 is 19.6 Å². The van der Waals surface area contributed by atoms with Crippen molar-refractivity contribution in [3.8, 4) is 0 Å². The van der Waals surface area contributed by atoms with E-state index in [-0.39, 0.29) is 16.4 Å². The summed E-state index contributed by atoms with van der Waals surface area (Å²) in [7, 11) is 1.41. The average molecular weight is 295 g/mol. The molecule has 104 valence electrons. The molecule has 0 aliphatic carbocycles. The smallest absolute Gasteiger partial charge is 0.345 e. The van der Waals surface area contributed by atoms with Crippen LogP contribution < -0.4 is 5.32 Å². The number of hydrogen-bond acceptors (Lipinski definition) is 5. The molecule has 0 aromatic carbocycles. The van der Waals surface area contributed by atoms with Crippen LogP contribution in [-0.2, 0) is 7.05 Å². The first-order valence-electron chi connectivity index (χ1n) is 5.34. The van der Waals surface area contributed by atoms with Crippen LogP contribution in [0.1, 0.15) is 20.2 Å². The first-order valence-corrected chi connectivity index (χ1v) is 6.16. The molecular formula is C11H9N3O5S. The second-order valence-corrected chi connectivity index (χ2v) is 4.90. The maximum Gasteiger partial charge on any atom is 0.345 e. The van der Waals surface area contributed by atoms with Crippen molar-refractivity contribution >= 4 is 34.0 Å². The van der Waals surface area contributed by atoms with Gasteiger partial charge in [-0.2, -0.15) is 0 Å². The summed E-state index contributed by atoms with van der Waals surface area (Å²) in [4.78, 5) is 32.9. The van der Waals surface area contributed by atoms with Crippen molar-refractivity contribution in [2.45, 2.75) is 0 Å². The highest BCUT2D eigenvalue weighted by Gasteiger charge is 2.21. The lowest BCUT2D eigenvalue weighted by Gasteiger charge is -2.01. The molecule has 0 atom stereocenters. The summed E-state index contributed by atoms with van der Waals surface area (Å²) >= 11 is 0.908. The van der Waals surface area contributed by atoms with Crippen molar-refractivity contribution in [2.75, 3.05) is 5.32 Å². The summed E-state index contributed by atoms with van der Waals surface area (Å²) in [5, 5.41) is 22.3. The predicted molar refractivity (Wildman–Crippen MR) is 71.3 cm³/mol. The second-order valence-electron chi connectivity index (χ2n) is 3.82. The number of aromatic nitrogens is 1. The third-order valence-corrected chi connectivity index (χ3v) is 3.56. The summed E-state index contributed by atoms with van der Waals surface area (Å²) in [5.74, 6) is -1.82. The largest absolute Gasteiger partial charge is 0.477 e. The van der Waals surface area contributed by atoms with Crippen molar-refractivity contribution in [1.29, 1.82) is 0 Å². The van der Waals surface area contributed by atoms with Gasteiger partial charge in [-0.3, -0.25) is 4.79 Å². The molecule has 1 amide bonds. The first kappa shape index (κ1) is 13.7. The molecule has 20 heavy (non-hydrogen) atoms. The van der Waals surface area contributed by atoms with E-state index in [4.69, 9.17) is 5.11 Å². The highest BCUT2D eigenvalue weighted by molar-refractivity contribution is 7.18. The Kier molecular flexibility index (Phi) is 3.53. The van der Waals surface area contributed by atoms with Gasteiger partial charge in [0.25, 0.3) is 5.91 Å². The van der Waals surface area contributed by atoms with E-state index < -0.39 is 16.8 Å². The fourth-order valence-corrected chi connectivity index (χ4v) is 2.35. The molecule has 0 bridgehead atoms. The molecule has 0 radical (unpaired) electrons. The highest BCUT2D eigenvalue weighted by Crippen LogP contribution is 2.23. The minimum atomic E-state index is -1.08. The lowest BCUT2D eigenvalue weighted by Crippen LogP contribution is -2.15. The maximum absolute atomic E-state index is 12.0. The number of carboxylic acids is 1. The van der Waals surface area contributed by atoms with Crippen LogP contribution in [0.25, 0.3) is 0 Å². The Bertz CT molecular complexity index is 703. The minimum Gasteiger partial charge on any atom is -0.477 e. The van der Waals surface area contributed by atoms with Gasteiger partial charge in [0.1, 0.15) is 4.88 Å². The number of rotatable bonds is 4. The van der Waals surface area contributed by atoms with E-state index in [1.165, 1.54) is 31.3 Å². The molecule has 0 saturated carbocycles. The number of nitrogens with zero attached hydrogens (tertiary/aromatic N) is 2. The van der Waals surface area contributed by atoms with Crippen LogP contribution in [0.15, 0.2) is 24.3 Å². The number of amides is 1. The van der Waals surface area contributed by atoms with E-state index in [0.29, 0.717) is 5.00 Å². The first-order chi connectivity index (χ1) is 9.40. The fraction of sp³-hybridized carbons (Fsp3) is 0.0909. The quantitative estimate of drug-likeness (QED) is 0.660. The molecule has 2 aromatic heterocycles. The molecule has 0 aliphatic rings. The lowest BCUT2D eigenvalue weighted by molar-refractivity contribution is -0.391. The lowest BCUT2D eigenvalue weighted by atomic mass is 10.4. The maximum atomic E-state index is 12.0. The number of carbonyl (C=O) groups excluding carboxylic acids is 1. The Morgan fingerprint density at radius 3 is 2.55 bits per heavy atom. The zero-order valence-corrected chi connectivity index (χ0v) is 11.0. The molecule has 2 aromatic rings. The second kappa shape index (κ2) is 5.13. The van der Waals surface area contributed by atoms with Crippen molar-refractivity contribution in [3.63, 3.8) is 0 Å². The highest BCUT2D eigenvalue weighted by atomic mass is 32.1. The molecule has 0 aliphatic heterocycles. The molecule has 2 N–H and O–H groups in total. The number of carboxylic acid groups (broad SMARTS) is 1. The fourth-order valence-electron chi connectivity index (χ4n) is 1.61. The summed E-state index contributed by atoms with van der Waals surface area (Å²) in [6.45, 7) is 0. The van der Waals surface area contributed by atoms with Crippen LogP contribution in [0, 0.1) is 10.1 Å². The van der Waals surface area contributed by atoms with Crippen LogP contribution >= 0.6 is 11.3 Å². The molecule has 0 fully saturated rings. The summed E-state index contributed by atoms with van der Waals surface area (Å²) < 4.78 is 1.15. The van der Waals surface area contributed by atoms with Crippen molar-refractivity contribution in [3.05, 3.63) is 45.0 Å². The Morgan fingerprint density at radius 2 is 2.05 bits per heavy atom. The molecule has 8 nitrogen and oxygen atoms in total. The molecule has 9 heteroatoms.